The summed E-state index contributed by atoms with van der Waals surface area (Å²) in [5.74, 6) is 0.654. The first kappa shape index (κ1) is 24.0. The summed E-state index contributed by atoms with van der Waals surface area (Å²) in [4.78, 5) is 27.4. The lowest BCUT2D eigenvalue weighted by Crippen LogP contribution is -2.38. The van der Waals surface area contributed by atoms with Crippen LogP contribution < -0.4 is 25.0 Å². The largest absolute Gasteiger partial charge is 0.481 e. The second kappa shape index (κ2) is 10.0. The van der Waals surface area contributed by atoms with E-state index < -0.39 is 17.8 Å². The normalized spacial score (nSPS) is 13.7. The Morgan fingerprint density at radius 3 is 2.63 bits per heavy atom. The molecule has 3 aromatic rings. The molecule has 0 atom stereocenters. The van der Waals surface area contributed by atoms with Crippen LogP contribution in [0.5, 0.6) is 11.9 Å². The molecule has 0 radical (unpaired) electrons. The molecule has 3 heterocycles. The molecule has 4 rings (SSSR count). The van der Waals surface area contributed by atoms with Crippen molar-refractivity contribution in [1.82, 2.24) is 15.0 Å². The Kier molecular flexibility index (Phi) is 6.90. The number of methoxy groups -OCH3 is 2. The maximum atomic E-state index is 13.3. The van der Waals surface area contributed by atoms with E-state index in [0.717, 1.165) is 18.6 Å². The van der Waals surface area contributed by atoms with E-state index in [9.17, 15) is 18.0 Å². The molecule has 0 unspecified atom stereocenters. The first-order valence-electron chi connectivity index (χ1n) is 10.8. The van der Waals surface area contributed by atoms with Crippen LogP contribution >= 0.6 is 0 Å². The minimum Gasteiger partial charge on any atom is -0.481 e. The number of carbonyl (C=O) groups excluding carboxylic acids is 1. The summed E-state index contributed by atoms with van der Waals surface area (Å²) in [6, 6.07) is 9.18. The van der Waals surface area contributed by atoms with Crippen molar-refractivity contribution in [2.45, 2.75) is 19.0 Å². The number of hydrogen-bond donors (Lipinski definition) is 2. The van der Waals surface area contributed by atoms with Gasteiger partial charge in [-0.05, 0) is 37.1 Å². The highest BCUT2D eigenvalue weighted by molar-refractivity contribution is 6.02. The predicted octanol–water partition coefficient (Wildman–Crippen LogP) is 4.82. The zero-order valence-electron chi connectivity index (χ0n) is 19.0. The van der Waals surface area contributed by atoms with Crippen molar-refractivity contribution in [2.75, 3.05) is 42.8 Å². The minimum absolute atomic E-state index is 0.0133. The number of alkyl halides is 3. The molecule has 0 bridgehead atoms. The fourth-order valence-corrected chi connectivity index (χ4v) is 3.57. The number of carbonyl (C=O) groups is 1. The fourth-order valence-electron chi connectivity index (χ4n) is 3.57. The molecule has 1 aromatic carbocycles. The third-order valence-corrected chi connectivity index (χ3v) is 5.29. The summed E-state index contributed by atoms with van der Waals surface area (Å²) in [5.41, 5.74) is 0.409. The fraction of sp³-hybridized carbons (Fsp3) is 0.304. The molecule has 35 heavy (non-hydrogen) atoms. The smallest absolute Gasteiger partial charge is 0.416 e. The Hall–Kier alpha value is -4.09. The van der Waals surface area contributed by atoms with E-state index in [-0.39, 0.29) is 23.3 Å². The highest BCUT2D eigenvalue weighted by Gasteiger charge is 2.31. The molecular weight excluding hydrogens is 465 g/mol. The Labute approximate surface area is 199 Å². The lowest BCUT2D eigenvalue weighted by atomic mass is 10.1. The van der Waals surface area contributed by atoms with E-state index in [1.807, 2.05) is 0 Å². The van der Waals surface area contributed by atoms with Crippen LogP contribution in [-0.2, 0) is 6.18 Å². The van der Waals surface area contributed by atoms with Crippen LogP contribution in [0.3, 0.4) is 0 Å². The standard InChI is InChI=1S/C23H23F3N6O3/c1-34-19-13-18(29-21(31-19)35-2)30-22(33)32-11-4-3-10-27-17-9-8-16(28-20(17)32)14-6-5-7-15(12-14)23(24,25)26/h5-9,12-13,27H,3-4,10-11H2,1-2H3,(H,29,30,31,33). The number of nitrogens with zero attached hydrogens (tertiary/aromatic N) is 4. The van der Waals surface area contributed by atoms with E-state index >= 15 is 0 Å². The van der Waals surface area contributed by atoms with Gasteiger partial charge in [-0.25, -0.2) is 9.78 Å². The van der Waals surface area contributed by atoms with E-state index in [1.165, 1.54) is 31.3 Å². The van der Waals surface area contributed by atoms with Crippen LogP contribution in [0.4, 0.5) is 35.3 Å². The van der Waals surface area contributed by atoms with Crippen LogP contribution in [-0.4, -0.2) is 48.3 Å². The van der Waals surface area contributed by atoms with Gasteiger partial charge in [-0.2, -0.15) is 23.1 Å². The number of nitrogens with one attached hydrogen (secondary N) is 2. The number of amides is 2. The number of pyridine rings is 1. The molecule has 2 aromatic heterocycles. The highest BCUT2D eigenvalue weighted by atomic mass is 19.4. The summed E-state index contributed by atoms with van der Waals surface area (Å²) in [6.07, 6.45) is -2.98. The Balaban J connectivity index is 1.70. The second-order valence-corrected chi connectivity index (χ2v) is 7.64. The van der Waals surface area contributed by atoms with Crippen LogP contribution in [0, 0.1) is 0 Å². The number of aromatic nitrogens is 3. The van der Waals surface area contributed by atoms with Crippen molar-refractivity contribution >= 4 is 23.4 Å². The number of hydrogen-bond acceptors (Lipinski definition) is 7. The average Bonchev–Trinajstić information content (AvgIpc) is 2.83. The van der Waals surface area contributed by atoms with Gasteiger partial charge in [0.05, 0.1) is 31.2 Å². The number of anilines is 3. The molecule has 0 saturated heterocycles. The van der Waals surface area contributed by atoms with Gasteiger partial charge in [-0.15, -0.1) is 0 Å². The molecule has 0 spiro atoms. The second-order valence-electron chi connectivity index (χ2n) is 7.64. The van der Waals surface area contributed by atoms with Gasteiger partial charge < -0.3 is 14.8 Å². The summed E-state index contributed by atoms with van der Waals surface area (Å²) in [5, 5.41) is 5.93. The molecule has 2 N–H and O–H groups in total. The van der Waals surface area contributed by atoms with Gasteiger partial charge in [0.1, 0.15) is 5.82 Å². The SMILES string of the molecule is COc1cc(NC(=O)N2CCCCNc3ccc(-c4cccc(C(F)(F)F)c4)nc32)nc(OC)n1. The van der Waals surface area contributed by atoms with Gasteiger partial charge >= 0.3 is 18.2 Å². The Morgan fingerprint density at radius 2 is 1.89 bits per heavy atom. The molecule has 184 valence electrons. The predicted molar refractivity (Wildman–Crippen MR) is 124 cm³/mol. The number of rotatable bonds is 4. The topological polar surface area (TPSA) is 102 Å². The van der Waals surface area contributed by atoms with Gasteiger partial charge in [0.25, 0.3) is 0 Å². The summed E-state index contributed by atoms with van der Waals surface area (Å²) in [6.45, 7) is 1.02. The summed E-state index contributed by atoms with van der Waals surface area (Å²) in [7, 11) is 2.81. The van der Waals surface area contributed by atoms with E-state index in [0.29, 0.717) is 36.7 Å². The van der Waals surface area contributed by atoms with E-state index in [4.69, 9.17) is 9.47 Å². The molecular formula is C23H23F3N6O3. The first-order valence-corrected chi connectivity index (χ1v) is 10.8. The molecule has 2 amide bonds. The van der Waals surface area contributed by atoms with E-state index in [2.05, 4.69) is 25.6 Å². The number of fused-ring (bicyclic) bond motifs is 1. The van der Waals surface area contributed by atoms with Crippen LogP contribution in [0.1, 0.15) is 18.4 Å². The van der Waals surface area contributed by atoms with Gasteiger partial charge in [0.15, 0.2) is 5.82 Å². The summed E-state index contributed by atoms with van der Waals surface area (Å²) >= 11 is 0. The molecule has 1 aliphatic heterocycles. The average molecular weight is 488 g/mol. The van der Waals surface area contributed by atoms with Crippen LogP contribution in [0.2, 0.25) is 0 Å². The highest BCUT2D eigenvalue weighted by Crippen LogP contribution is 2.34. The maximum Gasteiger partial charge on any atom is 0.416 e. The molecule has 9 nitrogen and oxygen atoms in total. The quantitative estimate of drug-likeness (QED) is 0.543. The number of halogens is 3. The lowest BCUT2D eigenvalue weighted by molar-refractivity contribution is -0.137. The van der Waals surface area contributed by atoms with Crippen molar-refractivity contribution in [3.05, 3.63) is 48.0 Å². The third kappa shape index (κ3) is 5.53. The Bertz CT molecular complexity index is 1200. The number of benzene rings is 1. The maximum absolute atomic E-state index is 13.3. The molecule has 0 fully saturated rings. The van der Waals surface area contributed by atoms with Gasteiger partial charge in [-0.3, -0.25) is 10.2 Å². The summed E-state index contributed by atoms with van der Waals surface area (Å²) < 4.78 is 49.8. The Morgan fingerprint density at radius 1 is 1.06 bits per heavy atom. The molecule has 12 heteroatoms. The van der Waals surface area contributed by atoms with Crippen molar-refractivity contribution in [3.8, 4) is 23.1 Å². The first-order chi connectivity index (χ1) is 16.8. The van der Waals surface area contributed by atoms with Crippen LogP contribution in [0.15, 0.2) is 42.5 Å². The zero-order valence-corrected chi connectivity index (χ0v) is 19.0. The van der Waals surface area contributed by atoms with Crippen LogP contribution in [0.25, 0.3) is 11.3 Å². The number of ether oxygens (including phenoxy) is 2. The van der Waals surface area contributed by atoms with Gasteiger partial charge in [0.2, 0.25) is 5.88 Å². The zero-order chi connectivity index (χ0) is 25.0. The monoisotopic (exact) mass is 488 g/mol. The van der Waals surface area contributed by atoms with Gasteiger partial charge in [0, 0.05) is 24.7 Å². The van der Waals surface area contributed by atoms with E-state index in [1.54, 1.807) is 18.2 Å². The van der Waals surface area contributed by atoms with Crippen molar-refractivity contribution in [3.63, 3.8) is 0 Å². The molecule has 0 saturated carbocycles. The minimum atomic E-state index is -4.48. The lowest BCUT2D eigenvalue weighted by Gasteiger charge is -2.27. The third-order valence-electron chi connectivity index (χ3n) is 5.29. The molecule has 0 aliphatic carbocycles. The number of urea groups is 1. The van der Waals surface area contributed by atoms with Crippen molar-refractivity contribution in [2.24, 2.45) is 0 Å². The van der Waals surface area contributed by atoms with Crippen molar-refractivity contribution in [1.29, 1.82) is 0 Å². The van der Waals surface area contributed by atoms with Crippen molar-refractivity contribution < 1.29 is 27.4 Å². The molecule has 1 aliphatic rings. The van der Waals surface area contributed by atoms with Gasteiger partial charge in [-0.1, -0.05) is 12.1 Å².